The van der Waals surface area contributed by atoms with Gasteiger partial charge in [-0.3, -0.25) is 0 Å². The molecule has 1 aromatic heterocycles. The van der Waals surface area contributed by atoms with Crippen molar-refractivity contribution < 1.29 is 4.74 Å². The van der Waals surface area contributed by atoms with Crippen molar-refractivity contribution in [3.8, 4) is 6.07 Å². The minimum atomic E-state index is 0.241. The highest BCUT2D eigenvalue weighted by molar-refractivity contribution is 5.43. The van der Waals surface area contributed by atoms with Gasteiger partial charge < -0.3 is 10.1 Å². The minimum absolute atomic E-state index is 0.241. The Kier molecular flexibility index (Phi) is 5.44. The van der Waals surface area contributed by atoms with E-state index in [2.05, 4.69) is 17.2 Å². The molecule has 0 fully saturated rings. The van der Waals surface area contributed by atoms with Crippen molar-refractivity contribution in [1.29, 1.82) is 5.26 Å². The Labute approximate surface area is 103 Å². The molecule has 0 aromatic carbocycles. The molecule has 0 saturated heterocycles. The molecule has 0 bridgehead atoms. The van der Waals surface area contributed by atoms with Crippen LogP contribution in [-0.2, 0) is 4.74 Å². The van der Waals surface area contributed by atoms with Gasteiger partial charge in [-0.2, -0.15) is 5.26 Å². The second-order valence-corrected chi connectivity index (χ2v) is 4.18. The molecule has 1 unspecified atom stereocenters. The van der Waals surface area contributed by atoms with E-state index >= 15 is 0 Å². The molecule has 1 atom stereocenters. The predicted molar refractivity (Wildman–Crippen MR) is 67.7 cm³/mol. The van der Waals surface area contributed by atoms with E-state index in [1.807, 2.05) is 26.0 Å². The molecule has 1 N–H and O–H groups in total. The molecule has 1 aromatic rings. The van der Waals surface area contributed by atoms with Crippen molar-refractivity contribution in [3.05, 3.63) is 24.0 Å². The fourth-order valence-electron chi connectivity index (χ4n) is 1.35. The largest absolute Gasteiger partial charge is 0.379 e. The van der Waals surface area contributed by atoms with E-state index in [1.54, 1.807) is 12.3 Å². The molecule has 17 heavy (non-hydrogen) atoms. The van der Waals surface area contributed by atoms with Gasteiger partial charge in [0.25, 0.3) is 0 Å². The summed E-state index contributed by atoms with van der Waals surface area (Å²) in [6, 6.07) is 5.84. The fourth-order valence-corrected chi connectivity index (χ4v) is 1.35. The number of anilines is 1. The third-order valence-electron chi connectivity index (χ3n) is 2.37. The first-order chi connectivity index (χ1) is 8.15. The smallest absolute Gasteiger partial charge is 0.140 e. The van der Waals surface area contributed by atoms with Crippen LogP contribution in [-0.4, -0.2) is 23.7 Å². The average molecular weight is 233 g/mol. The molecule has 92 valence electrons. The van der Waals surface area contributed by atoms with Crippen molar-refractivity contribution in [2.75, 3.05) is 11.9 Å². The molecular formula is C13H19N3O. The van der Waals surface area contributed by atoms with Gasteiger partial charge in [-0.05, 0) is 32.4 Å². The molecule has 0 aliphatic rings. The number of nitriles is 1. The molecule has 0 aliphatic carbocycles. The zero-order valence-electron chi connectivity index (χ0n) is 10.6. The minimum Gasteiger partial charge on any atom is -0.379 e. The van der Waals surface area contributed by atoms with Crippen molar-refractivity contribution in [2.24, 2.45) is 0 Å². The molecule has 0 aliphatic heterocycles. The zero-order valence-corrected chi connectivity index (χ0v) is 10.6. The lowest BCUT2D eigenvalue weighted by atomic mass is 10.2. The van der Waals surface area contributed by atoms with E-state index in [9.17, 15) is 0 Å². The van der Waals surface area contributed by atoms with Gasteiger partial charge in [-0.1, -0.05) is 6.92 Å². The average Bonchev–Trinajstić information content (AvgIpc) is 2.35. The maximum atomic E-state index is 8.65. The van der Waals surface area contributed by atoms with Crippen LogP contribution in [0.5, 0.6) is 0 Å². The van der Waals surface area contributed by atoms with Crippen LogP contribution in [0.1, 0.15) is 32.9 Å². The lowest BCUT2D eigenvalue weighted by Gasteiger charge is -2.19. The first-order valence-corrected chi connectivity index (χ1v) is 5.90. The highest BCUT2D eigenvalue weighted by Crippen LogP contribution is 2.09. The van der Waals surface area contributed by atoms with Crippen LogP contribution in [0, 0.1) is 11.3 Å². The summed E-state index contributed by atoms with van der Waals surface area (Å²) in [4.78, 5) is 4.02. The summed E-state index contributed by atoms with van der Waals surface area (Å²) >= 11 is 0. The number of hydrogen-bond donors (Lipinski definition) is 1. The van der Waals surface area contributed by atoms with Crippen LogP contribution in [0.3, 0.4) is 0 Å². The Morgan fingerprint density at radius 3 is 2.71 bits per heavy atom. The second kappa shape index (κ2) is 6.87. The van der Waals surface area contributed by atoms with Crippen LogP contribution in [0.25, 0.3) is 0 Å². The summed E-state index contributed by atoms with van der Waals surface area (Å²) < 4.78 is 5.58. The fraction of sp³-hybridized carbons (Fsp3) is 0.538. The van der Waals surface area contributed by atoms with E-state index < -0.39 is 0 Å². The molecule has 0 amide bonds. The van der Waals surface area contributed by atoms with Gasteiger partial charge in [0.15, 0.2) is 0 Å². The number of pyridine rings is 1. The number of nitrogens with one attached hydrogen (secondary N) is 1. The molecule has 4 nitrogen and oxygen atoms in total. The van der Waals surface area contributed by atoms with Crippen molar-refractivity contribution >= 4 is 5.69 Å². The molecule has 0 spiro atoms. The first kappa shape index (κ1) is 13.5. The van der Waals surface area contributed by atoms with Gasteiger partial charge in [0.1, 0.15) is 11.8 Å². The molecular weight excluding hydrogens is 214 g/mol. The standard InChI is InChI=1S/C13H19N3O/c1-4-11(9-17-10(2)3)16-13-6-5-12(7-14)15-8-13/h5-6,8,10-11,16H,4,9H2,1-3H3. The number of nitrogens with zero attached hydrogens (tertiary/aromatic N) is 2. The highest BCUT2D eigenvalue weighted by Gasteiger charge is 2.07. The van der Waals surface area contributed by atoms with Gasteiger partial charge in [0, 0.05) is 6.04 Å². The van der Waals surface area contributed by atoms with Gasteiger partial charge >= 0.3 is 0 Å². The lowest BCUT2D eigenvalue weighted by Crippen LogP contribution is -2.26. The summed E-state index contributed by atoms with van der Waals surface area (Å²) in [5.41, 5.74) is 1.35. The molecule has 1 heterocycles. The van der Waals surface area contributed by atoms with Gasteiger partial charge in [-0.25, -0.2) is 4.98 Å². The first-order valence-electron chi connectivity index (χ1n) is 5.90. The van der Waals surface area contributed by atoms with E-state index in [4.69, 9.17) is 10.00 Å². The van der Waals surface area contributed by atoms with Crippen LogP contribution in [0.2, 0.25) is 0 Å². The summed E-state index contributed by atoms with van der Waals surface area (Å²) in [5.74, 6) is 0. The monoisotopic (exact) mass is 233 g/mol. The topological polar surface area (TPSA) is 57.9 Å². The molecule has 0 saturated carbocycles. The highest BCUT2D eigenvalue weighted by atomic mass is 16.5. The number of rotatable bonds is 6. The Morgan fingerprint density at radius 2 is 2.24 bits per heavy atom. The molecule has 0 radical (unpaired) electrons. The maximum absolute atomic E-state index is 8.65. The third kappa shape index (κ3) is 4.83. The summed E-state index contributed by atoms with van der Waals surface area (Å²) in [7, 11) is 0. The van der Waals surface area contributed by atoms with Crippen molar-refractivity contribution in [3.63, 3.8) is 0 Å². The molecule has 4 heteroatoms. The van der Waals surface area contributed by atoms with Crippen LogP contribution >= 0.6 is 0 Å². The Bertz CT molecular complexity index is 367. The molecule has 1 rings (SSSR count). The lowest BCUT2D eigenvalue weighted by molar-refractivity contribution is 0.0711. The van der Waals surface area contributed by atoms with Crippen LogP contribution in [0.15, 0.2) is 18.3 Å². The number of ether oxygens (including phenoxy) is 1. The van der Waals surface area contributed by atoms with Crippen LogP contribution in [0.4, 0.5) is 5.69 Å². The van der Waals surface area contributed by atoms with Gasteiger partial charge in [0.2, 0.25) is 0 Å². The number of hydrogen-bond acceptors (Lipinski definition) is 4. The normalized spacial score (nSPS) is 12.2. The second-order valence-electron chi connectivity index (χ2n) is 4.18. The van der Waals surface area contributed by atoms with E-state index in [0.717, 1.165) is 12.1 Å². The predicted octanol–water partition coefficient (Wildman–Crippen LogP) is 2.57. The zero-order chi connectivity index (χ0) is 12.7. The number of aromatic nitrogens is 1. The SMILES string of the molecule is CCC(COC(C)C)Nc1ccc(C#N)nc1. The van der Waals surface area contributed by atoms with E-state index in [1.165, 1.54) is 0 Å². The third-order valence-corrected chi connectivity index (χ3v) is 2.37. The maximum Gasteiger partial charge on any atom is 0.140 e. The van der Waals surface area contributed by atoms with Gasteiger partial charge in [0.05, 0.1) is 24.6 Å². The van der Waals surface area contributed by atoms with Crippen molar-refractivity contribution in [1.82, 2.24) is 4.98 Å². The Hall–Kier alpha value is -1.60. The van der Waals surface area contributed by atoms with Gasteiger partial charge in [-0.15, -0.1) is 0 Å². The van der Waals surface area contributed by atoms with E-state index in [-0.39, 0.29) is 12.1 Å². The Morgan fingerprint density at radius 1 is 1.47 bits per heavy atom. The quantitative estimate of drug-likeness (QED) is 0.820. The Balaban J connectivity index is 2.52. The summed E-state index contributed by atoms with van der Waals surface area (Å²) in [6.45, 7) is 6.83. The summed E-state index contributed by atoms with van der Waals surface area (Å²) in [5, 5.41) is 12.0. The van der Waals surface area contributed by atoms with Crippen molar-refractivity contribution in [2.45, 2.75) is 39.3 Å². The van der Waals surface area contributed by atoms with E-state index in [0.29, 0.717) is 12.3 Å². The van der Waals surface area contributed by atoms with Crippen LogP contribution < -0.4 is 5.32 Å². The summed E-state index contributed by atoms with van der Waals surface area (Å²) in [6.07, 6.45) is 2.90.